The molecule has 0 aromatic heterocycles. The molecule has 0 saturated carbocycles. The van der Waals surface area contributed by atoms with Crippen molar-refractivity contribution < 1.29 is 19.1 Å². The van der Waals surface area contributed by atoms with Gasteiger partial charge in [0.15, 0.2) is 12.6 Å². The van der Waals surface area contributed by atoms with E-state index in [2.05, 4.69) is 5.32 Å². The highest BCUT2D eigenvalue weighted by Gasteiger charge is 2.15. The van der Waals surface area contributed by atoms with E-state index in [1.54, 1.807) is 12.1 Å². The van der Waals surface area contributed by atoms with E-state index in [1.165, 1.54) is 12.1 Å². The lowest BCUT2D eigenvalue weighted by Gasteiger charge is -2.17. The Hall–Kier alpha value is -2.95. The van der Waals surface area contributed by atoms with Crippen LogP contribution < -0.4 is 10.1 Å². The molecule has 1 aliphatic heterocycles. The van der Waals surface area contributed by atoms with E-state index in [0.717, 1.165) is 11.3 Å². The molecule has 2 aromatic rings. The Morgan fingerprint density at radius 2 is 1.64 bits per heavy atom. The van der Waals surface area contributed by atoms with Crippen LogP contribution in [-0.4, -0.2) is 18.5 Å². The Morgan fingerprint density at radius 1 is 0.909 bits per heavy atom. The van der Waals surface area contributed by atoms with Gasteiger partial charge in [-0.3, -0.25) is 14.4 Å². The summed E-state index contributed by atoms with van der Waals surface area (Å²) < 4.78 is 5.70. The molecule has 0 unspecified atom stereocenters. The van der Waals surface area contributed by atoms with Crippen LogP contribution in [0, 0.1) is 0 Å². The number of nitrogens with one attached hydrogen (secondary N) is 1. The lowest BCUT2D eigenvalue weighted by Crippen LogP contribution is -2.18. The second-order valence-electron chi connectivity index (χ2n) is 5.00. The number of amides is 1. The van der Waals surface area contributed by atoms with Gasteiger partial charge in [-0.05, 0) is 36.2 Å². The Morgan fingerprint density at radius 3 is 2.41 bits per heavy atom. The Balaban J connectivity index is 1.87. The topological polar surface area (TPSA) is 72.5 Å². The third kappa shape index (κ3) is 2.74. The van der Waals surface area contributed by atoms with Gasteiger partial charge in [-0.25, -0.2) is 0 Å². The van der Waals surface area contributed by atoms with Crippen molar-refractivity contribution in [2.75, 3.05) is 5.32 Å². The zero-order valence-corrected chi connectivity index (χ0v) is 11.7. The number of aldehydes is 2. The summed E-state index contributed by atoms with van der Waals surface area (Å²) in [6.45, 7) is 0. The monoisotopic (exact) mass is 295 g/mol. The van der Waals surface area contributed by atoms with Gasteiger partial charge in [-0.15, -0.1) is 0 Å². The molecule has 0 saturated heterocycles. The molecular weight excluding hydrogens is 282 g/mol. The number of benzene rings is 2. The van der Waals surface area contributed by atoms with Gasteiger partial charge in [0, 0.05) is 29.3 Å². The van der Waals surface area contributed by atoms with Gasteiger partial charge < -0.3 is 10.1 Å². The van der Waals surface area contributed by atoms with Crippen molar-refractivity contribution >= 4 is 24.2 Å². The van der Waals surface area contributed by atoms with E-state index in [4.69, 9.17) is 4.74 Å². The summed E-state index contributed by atoms with van der Waals surface area (Å²) in [5.41, 5.74) is 2.41. The van der Waals surface area contributed by atoms with Crippen molar-refractivity contribution in [2.45, 2.75) is 12.8 Å². The van der Waals surface area contributed by atoms with Crippen molar-refractivity contribution in [2.24, 2.45) is 0 Å². The van der Waals surface area contributed by atoms with Gasteiger partial charge in [0.2, 0.25) is 5.91 Å². The number of ether oxygens (including phenoxy) is 1. The highest BCUT2D eigenvalue weighted by Crippen LogP contribution is 2.30. The van der Waals surface area contributed by atoms with Crippen LogP contribution in [0.5, 0.6) is 11.5 Å². The van der Waals surface area contributed by atoms with E-state index >= 15 is 0 Å². The van der Waals surface area contributed by atoms with Crippen LogP contribution in [0.25, 0.3) is 0 Å². The number of carbonyl (C=O) groups is 3. The predicted molar refractivity (Wildman–Crippen MR) is 80.7 cm³/mol. The van der Waals surface area contributed by atoms with Crippen LogP contribution >= 0.6 is 0 Å². The normalized spacial score (nSPS) is 13.0. The molecule has 3 rings (SSSR count). The minimum Gasteiger partial charge on any atom is -0.457 e. The minimum absolute atomic E-state index is 0.0109. The van der Waals surface area contributed by atoms with Gasteiger partial charge in [0.25, 0.3) is 0 Å². The molecule has 0 bridgehead atoms. The van der Waals surface area contributed by atoms with Crippen molar-refractivity contribution in [3.05, 3.63) is 53.1 Å². The quantitative estimate of drug-likeness (QED) is 0.880. The predicted octanol–water partition coefficient (Wildman–Crippen LogP) is 2.99. The van der Waals surface area contributed by atoms with E-state index in [9.17, 15) is 14.4 Å². The number of aryl methyl sites for hydroxylation is 1. The maximum atomic E-state index is 11.4. The fourth-order valence-corrected chi connectivity index (χ4v) is 2.38. The average molecular weight is 295 g/mol. The smallest absolute Gasteiger partial charge is 0.224 e. The van der Waals surface area contributed by atoms with Crippen molar-refractivity contribution in [1.29, 1.82) is 0 Å². The first-order valence-electron chi connectivity index (χ1n) is 6.84. The molecule has 0 fully saturated rings. The van der Waals surface area contributed by atoms with Crippen LogP contribution in [-0.2, 0) is 11.2 Å². The molecule has 1 N–H and O–H groups in total. The Labute approximate surface area is 126 Å². The number of rotatable bonds is 4. The molecule has 22 heavy (non-hydrogen) atoms. The largest absolute Gasteiger partial charge is 0.457 e. The number of fused-ring (bicyclic) bond motifs is 1. The minimum atomic E-state index is -0.0109. The lowest BCUT2D eigenvalue weighted by atomic mass is 10.0. The number of hydrogen-bond donors (Lipinski definition) is 1. The second-order valence-corrected chi connectivity index (χ2v) is 5.00. The van der Waals surface area contributed by atoms with Gasteiger partial charge in [0.05, 0.1) is 0 Å². The van der Waals surface area contributed by atoms with Crippen molar-refractivity contribution in [1.82, 2.24) is 0 Å². The summed E-state index contributed by atoms with van der Waals surface area (Å²) in [6.07, 6.45) is 2.44. The third-order valence-corrected chi connectivity index (χ3v) is 3.52. The van der Waals surface area contributed by atoms with E-state index in [-0.39, 0.29) is 11.5 Å². The fourth-order valence-electron chi connectivity index (χ4n) is 2.38. The fraction of sp³-hybridized carbons (Fsp3) is 0.118. The van der Waals surface area contributed by atoms with Crippen molar-refractivity contribution in [3.8, 4) is 11.5 Å². The summed E-state index contributed by atoms with van der Waals surface area (Å²) in [4.78, 5) is 33.2. The molecule has 2 aromatic carbocycles. The first-order chi connectivity index (χ1) is 10.7. The summed E-state index contributed by atoms with van der Waals surface area (Å²) >= 11 is 0. The Kier molecular flexibility index (Phi) is 3.70. The molecule has 0 spiro atoms. The SMILES string of the molecule is O=Cc1ccc(Oc2ccc3c(c2)NC(=O)CC3)cc1C=O. The summed E-state index contributed by atoms with van der Waals surface area (Å²) in [5.74, 6) is 0.995. The highest BCUT2D eigenvalue weighted by molar-refractivity contribution is 5.94. The molecule has 0 radical (unpaired) electrons. The van der Waals surface area contributed by atoms with E-state index in [1.807, 2.05) is 12.1 Å². The molecule has 1 heterocycles. The number of hydrogen-bond acceptors (Lipinski definition) is 4. The van der Waals surface area contributed by atoms with Crippen LogP contribution in [0.1, 0.15) is 32.7 Å². The number of carbonyl (C=O) groups excluding carboxylic acids is 3. The first-order valence-corrected chi connectivity index (χ1v) is 6.84. The van der Waals surface area contributed by atoms with Crippen LogP contribution in [0.4, 0.5) is 5.69 Å². The molecule has 5 heteroatoms. The van der Waals surface area contributed by atoms with Crippen LogP contribution in [0.3, 0.4) is 0 Å². The van der Waals surface area contributed by atoms with E-state index < -0.39 is 0 Å². The second kappa shape index (κ2) is 5.81. The lowest BCUT2D eigenvalue weighted by molar-refractivity contribution is -0.116. The molecule has 1 amide bonds. The van der Waals surface area contributed by atoms with E-state index in [0.29, 0.717) is 42.5 Å². The molecular formula is C17H13NO4. The maximum absolute atomic E-state index is 11.4. The van der Waals surface area contributed by atoms with Gasteiger partial charge in [-0.1, -0.05) is 6.07 Å². The highest BCUT2D eigenvalue weighted by atomic mass is 16.5. The summed E-state index contributed by atoms with van der Waals surface area (Å²) in [6, 6.07) is 10.1. The molecule has 1 aliphatic rings. The molecule has 0 aliphatic carbocycles. The number of anilines is 1. The third-order valence-electron chi connectivity index (χ3n) is 3.52. The molecule has 5 nitrogen and oxygen atoms in total. The molecule has 0 atom stereocenters. The zero-order valence-electron chi connectivity index (χ0n) is 11.7. The van der Waals surface area contributed by atoms with Crippen LogP contribution in [0.15, 0.2) is 36.4 Å². The summed E-state index contributed by atoms with van der Waals surface area (Å²) in [5, 5.41) is 2.81. The van der Waals surface area contributed by atoms with Crippen molar-refractivity contribution in [3.63, 3.8) is 0 Å². The summed E-state index contributed by atoms with van der Waals surface area (Å²) in [7, 11) is 0. The average Bonchev–Trinajstić information content (AvgIpc) is 2.54. The van der Waals surface area contributed by atoms with Gasteiger partial charge in [-0.2, -0.15) is 0 Å². The standard InChI is InChI=1S/C17H13NO4/c19-9-12-2-5-14(7-13(12)10-20)22-15-4-1-11-3-6-17(21)18-16(11)8-15/h1-2,4-5,7-10H,3,6H2,(H,18,21). The maximum Gasteiger partial charge on any atom is 0.224 e. The van der Waals surface area contributed by atoms with Crippen LogP contribution in [0.2, 0.25) is 0 Å². The molecule has 110 valence electrons. The Bertz CT molecular complexity index is 767. The zero-order chi connectivity index (χ0) is 15.5. The first kappa shape index (κ1) is 14.0. The van der Waals surface area contributed by atoms with Gasteiger partial charge >= 0.3 is 0 Å². The van der Waals surface area contributed by atoms with Gasteiger partial charge in [0.1, 0.15) is 11.5 Å².